The largest absolute Gasteiger partial charge is 0.489 e. The summed E-state index contributed by atoms with van der Waals surface area (Å²) in [6.07, 6.45) is 3.95. The van der Waals surface area contributed by atoms with Crippen LogP contribution in [0.2, 0.25) is 5.02 Å². The van der Waals surface area contributed by atoms with Crippen LogP contribution >= 0.6 is 11.6 Å². The van der Waals surface area contributed by atoms with Crippen LogP contribution in [0.15, 0.2) is 30.4 Å². The van der Waals surface area contributed by atoms with Crippen LogP contribution in [0.25, 0.3) is 0 Å². The maximum Gasteiger partial charge on any atom is 0.125 e. The molecule has 2 nitrogen and oxygen atoms in total. The summed E-state index contributed by atoms with van der Waals surface area (Å²) in [7, 11) is 0. The fraction of sp³-hybridized carbons (Fsp3) is 0.467. The van der Waals surface area contributed by atoms with E-state index in [9.17, 15) is 0 Å². The highest BCUT2D eigenvalue weighted by Gasteiger charge is 2.07. The number of hydrogen-bond donors (Lipinski definition) is 1. The van der Waals surface area contributed by atoms with E-state index >= 15 is 0 Å². The number of benzene rings is 1. The van der Waals surface area contributed by atoms with E-state index in [1.54, 1.807) is 0 Å². The van der Waals surface area contributed by atoms with E-state index in [-0.39, 0.29) is 0 Å². The van der Waals surface area contributed by atoms with Crippen LogP contribution < -0.4 is 10.1 Å². The fourth-order valence-corrected chi connectivity index (χ4v) is 1.80. The van der Waals surface area contributed by atoms with E-state index < -0.39 is 0 Å². The lowest BCUT2D eigenvalue weighted by molar-refractivity contribution is 0.357. The van der Waals surface area contributed by atoms with Crippen molar-refractivity contribution < 1.29 is 4.74 Å². The molecule has 0 aliphatic heterocycles. The van der Waals surface area contributed by atoms with Crippen molar-refractivity contribution in [3.8, 4) is 5.75 Å². The molecule has 1 rings (SSSR count). The molecule has 0 radical (unpaired) electrons. The van der Waals surface area contributed by atoms with Crippen LogP contribution in [0.1, 0.15) is 26.3 Å². The van der Waals surface area contributed by atoms with E-state index in [0.29, 0.717) is 12.5 Å². The lowest BCUT2D eigenvalue weighted by Gasteiger charge is -2.13. The molecule has 0 amide bonds. The van der Waals surface area contributed by atoms with Gasteiger partial charge in [0.1, 0.15) is 12.4 Å². The van der Waals surface area contributed by atoms with Crippen LogP contribution in [-0.2, 0) is 6.54 Å². The van der Waals surface area contributed by atoms with Crippen molar-refractivity contribution in [2.45, 2.75) is 27.3 Å². The highest BCUT2D eigenvalue weighted by molar-refractivity contribution is 6.31. The first-order valence-corrected chi connectivity index (χ1v) is 6.75. The van der Waals surface area contributed by atoms with Gasteiger partial charge in [-0.25, -0.2) is 0 Å². The first-order valence-electron chi connectivity index (χ1n) is 6.37. The summed E-state index contributed by atoms with van der Waals surface area (Å²) in [5, 5.41) is 4.14. The summed E-state index contributed by atoms with van der Waals surface area (Å²) >= 11 is 6.22. The first-order chi connectivity index (χ1) is 8.65. The van der Waals surface area contributed by atoms with Gasteiger partial charge in [0.15, 0.2) is 0 Å². The topological polar surface area (TPSA) is 21.3 Å². The van der Waals surface area contributed by atoms with Gasteiger partial charge in [0.2, 0.25) is 0 Å². The van der Waals surface area contributed by atoms with E-state index in [4.69, 9.17) is 16.3 Å². The molecule has 1 aromatic carbocycles. The first kappa shape index (κ1) is 15.1. The zero-order valence-corrected chi connectivity index (χ0v) is 12.1. The molecule has 1 N–H and O–H groups in total. The average Bonchev–Trinajstić information content (AvgIpc) is 2.32. The summed E-state index contributed by atoms with van der Waals surface area (Å²) in [6.45, 7) is 8.63. The average molecular weight is 268 g/mol. The Morgan fingerprint density at radius 1 is 1.39 bits per heavy atom. The summed E-state index contributed by atoms with van der Waals surface area (Å²) < 4.78 is 5.70. The second-order valence-corrected chi connectivity index (χ2v) is 5.03. The van der Waals surface area contributed by atoms with Crippen LogP contribution in [0.5, 0.6) is 5.75 Å². The molecule has 0 unspecified atom stereocenters. The van der Waals surface area contributed by atoms with Crippen LogP contribution in [-0.4, -0.2) is 13.2 Å². The normalized spacial score (nSPS) is 11.4. The Kier molecular flexibility index (Phi) is 6.84. The number of allylic oxidation sites excluding steroid dienone is 1. The Hall–Kier alpha value is -0.990. The molecule has 0 aromatic heterocycles. The van der Waals surface area contributed by atoms with Crippen molar-refractivity contribution in [3.05, 3.63) is 40.9 Å². The third-order valence-corrected chi connectivity index (χ3v) is 2.86. The highest BCUT2D eigenvalue weighted by Crippen LogP contribution is 2.26. The lowest BCUT2D eigenvalue weighted by atomic mass is 10.1. The molecular formula is C15H22ClNO. The molecule has 1 aromatic rings. The van der Waals surface area contributed by atoms with Crippen LogP contribution in [0.3, 0.4) is 0 Å². The molecule has 0 heterocycles. The Morgan fingerprint density at radius 2 is 2.17 bits per heavy atom. The molecule has 0 aliphatic carbocycles. The van der Waals surface area contributed by atoms with E-state index in [0.717, 1.165) is 29.4 Å². The summed E-state index contributed by atoms with van der Waals surface area (Å²) in [5.41, 5.74) is 1.03. The van der Waals surface area contributed by atoms with Crippen molar-refractivity contribution in [1.29, 1.82) is 0 Å². The van der Waals surface area contributed by atoms with Gasteiger partial charge in [-0.3, -0.25) is 0 Å². The molecular weight excluding hydrogens is 246 g/mol. The van der Waals surface area contributed by atoms with Gasteiger partial charge in [-0.15, -0.1) is 0 Å². The van der Waals surface area contributed by atoms with Crippen molar-refractivity contribution in [1.82, 2.24) is 5.32 Å². The Labute approximate surface area is 115 Å². The smallest absolute Gasteiger partial charge is 0.125 e. The minimum absolute atomic E-state index is 0.577. The van der Waals surface area contributed by atoms with Crippen molar-refractivity contribution in [3.63, 3.8) is 0 Å². The van der Waals surface area contributed by atoms with Crippen molar-refractivity contribution >= 4 is 11.6 Å². The molecule has 0 atom stereocenters. The number of hydrogen-bond acceptors (Lipinski definition) is 2. The number of ether oxygens (including phenoxy) is 1. The van der Waals surface area contributed by atoms with Gasteiger partial charge < -0.3 is 10.1 Å². The predicted molar refractivity (Wildman–Crippen MR) is 78.3 cm³/mol. The Morgan fingerprint density at radius 3 is 2.83 bits per heavy atom. The van der Waals surface area contributed by atoms with E-state index in [1.807, 2.05) is 37.3 Å². The SMILES string of the molecule is C/C=C/COc1cccc(Cl)c1CNCC(C)C. The molecule has 100 valence electrons. The van der Waals surface area contributed by atoms with Gasteiger partial charge in [-0.1, -0.05) is 43.7 Å². The summed E-state index contributed by atoms with van der Waals surface area (Å²) in [4.78, 5) is 0. The predicted octanol–water partition coefficient (Wildman–Crippen LogP) is 4.04. The number of rotatable bonds is 7. The van der Waals surface area contributed by atoms with Gasteiger partial charge in [0.05, 0.1) is 0 Å². The maximum atomic E-state index is 6.22. The minimum atomic E-state index is 0.577. The summed E-state index contributed by atoms with van der Waals surface area (Å²) in [6, 6.07) is 5.78. The molecule has 0 saturated heterocycles. The monoisotopic (exact) mass is 267 g/mol. The number of halogens is 1. The Bertz CT molecular complexity index is 388. The molecule has 0 saturated carbocycles. The highest BCUT2D eigenvalue weighted by atomic mass is 35.5. The van der Waals surface area contributed by atoms with Gasteiger partial charge in [-0.05, 0) is 31.5 Å². The lowest BCUT2D eigenvalue weighted by Crippen LogP contribution is -2.19. The molecule has 0 bridgehead atoms. The molecule has 3 heteroatoms. The third kappa shape index (κ3) is 5.11. The van der Waals surface area contributed by atoms with Gasteiger partial charge >= 0.3 is 0 Å². The van der Waals surface area contributed by atoms with Gasteiger partial charge in [0.25, 0.3) is 0 Å². The minimum Gasteiger partial charge on any atom is -0.489 e. The molecule has 0 spiro atoms. The second kappa shape index (κ2) is 8.17. The van der Waals surface area contributed by atoms with Gasteiger partial charge in [-0.2, -0.15) is 0 Å². The molecule has 0 fully saturated rings. The maximum absolute atomic E-state index is 6.22. The number of nitrogens with one attached hydrogen (secondary N) is 1. The zero-order valence-electron chi connectivity index (χ0n) is 11.4. The molecule has 0 aliphatic rings. The van der Waals surface area contributed by atoms with E-state index in [1.165, 1.54) is 0 Å². The quantitative estimate of drug-likeness (QED) is 0.753. The van der Waals surface area contributed by atoms with Crippen molar-refractivity contribution in [2.75, 3.05) is 13.2 Å². The second-order valence-electron chi connectivity index (χ2n) is 4.62. The van der Waals surface area contributed by atoms with Crippen molar-refractivity contribution in [2.24, 2.45) is 5.92 Å². The van der Waals surface area contributed by atoms with Crippen LogP contribution in [0.4, 0.5) is 0 Å². The fourth-order valence-electron chi connectivity index (χ4n) is 1.57. The van der Waals surface area contributed by atoms with Gasteiger partial charge in [0, 0.05) is 17.1 Å². The summed E-state index contributed by atoms with van der Waals surface area (Å²) in [5.74, 6) is 1.48. The van der Waals surface area contributed by atoms with Crippen LogP contribution in [0, 0.1) is 5.92 Å². The molecule has 18 heavy (non-hydrogen) atoms. The Balaban J connectivity index is 2.67. The van der Waals surface area contributed by atoms with E-state index in [2.05, 4.69) is 19.2 Å². The zero-order chi connectivity index (χ0) is 13.4. The third-order valence-electron chi connectivity index (χ3n) is 2.50. The standard InChI is InChI=1S/C15H22ClNO/c1-4-5-9-18-15-8-6-7-14(16)13(15)11-17-10-12(2)3/h4-8,12,17H,9-11H2,1-3H3/b5-4+.